The highest BCUT2D eigenvalue weighted by Gasteiger charge is 2.27. The number of anilines is 1. The lowest BCUT2D eigenvalue weighted by Gasteiger charge is -2.17. The van der Waals surface area contributed by atoms with E-state index in [9.17, 15) is 4.79 Å². The van der Waals surface area contributed by atoms with Crippen LogP contribution in [-0.4, -0.2) is 17.5 Å². The van der Waals surface area contributed by atoms with Gasteiger partial charge in [-0.25, -0.2) is 4.98 Å². The second kappa shape index (κ2) is 4.87. The van der Waals surface area contributed by atoms with Crippen molar-refractivity contribution in [3.63, 3.8) is 0 Å². The largest absolute Gasteiger partial charge is 0.492 e. The normalized spacial score (nSPS) is 15.5. The van der Waals surface area contributed by atoms with E-state index in [0.29, 0.717) is 31.0 Å². The van der Waals surface area contributed by atoms with Crippen LogP contribution in [0.1, 0.15) is 19.8 Å². The molecule has 17 heavy (non-hydrogen) atoms. The standard InChI is InChI=1S/C12H13BrN2O2/c1-3-17-10-6-11(14-7-9(10)13)15-8(2)4-5-12(15)16/h6-7H,2-5H2,1H3. The van der Waals surface area contributed by atoms with Gasteiger partial charge in [0.2, 0.25) is 5.91 Å². The van der Waals surface area contributed by atoms with Crippen molar-refractivity contribution in [2.45, 2.75) is 19.8 Å². The minimum atomic E-state index is 0.0345. The lowest BCUT2D eigenvalue weighted by molar-refractivity contribution is -0.116. The average Bonchev–Trinajstić information content (AvgIpc) is 2.63. The topological polar surface area (TPSA) is 42.4 Å². The first-order valence-electron chi connectivity index (χ1n) is 5.42. The number of carbonyl (C=O) groups is 1. The predicted octanol–water partition coefficient (Wildman–Crippen LogP) is 2.88. The number of hydrogen-bond acceptors (Lipinski definition) is 3. The van der Waals surface area contributed by atoms with Crippen LogP contribution in [0.15, 0.2) is 29.0 Å². The van der Waals surface area contributed by atoms with Gasteiger partial charge in [0.15, 0.2) is 0 Å². The van der Waals surface area contributed by atoms with Gasteiger partial charge in [-0.2, -0.15) is 0 Å². The van der Waals surface area contributed by atoms with Gasteiger partial charge in [0.05, 0.1) is 11.1 Å². The molecule has 0 aliphatic carbocycles. The molecule has 0 N–H and O–H groups in total. The third kappa shape index (κ3) is 2.34. The Morgan fingerprint density at radius 2 is 2.35 bits per heavy atom. The fourth-order valence-electron chi connectivity index (χ4n) is 1.74. The molecule has 0 atom stereocenters. The fourth-order valence-corrected chi connectivity index (χ4v) is 2.07. The molecule has 0 saturated carbocycles. The molecule has 0 bridgehead atoms. The molecule has 0 spiro atoms. The number of carbonyl (C=O) groups excluding carboxylic acids is 1. The summed E-state index contributed by atoms with van der Waals surface area (Å²) in [5.74, 6) is 1.29. The first kappa shape index (κ1) is 12.1. The van der Waals surface area contributed by atoms with E-state index >= 15 is 0 Å². The Labute approximate surface area is 108 Å². The van der Waals surface area contributed by atoms with Crippen molar-refractivity contribution < 1.29 is 9.53 Å². The molecule has 1 saturated heterocycles. The Bertz CT molecular complexity index is 458. The van der Waals surface area contributed by atoms with Crippen molar-refractivity contribution >= 4 is 27.7 Å². The third-order valence-electron chi connectivity index (χ3n) is 2.53. The molecule has 1 aliphatic rings. The highest BCUT2D eigenvalue weighted by molar-refractivity contribution is 9.10. The maximum absolute atomic E-state index is 11.7. The summed E-state index contributed by atoms with van der Waals surface area (Å²) in [6.45, 7) is 6.35. The molecule has 1 fully saturated rings. The number of nitrogens with zero attached hydrogens (tertiary/aromatic N) is 2. The first-order valence-corrected chi connectivity index (χ1v) is 6.22. The monoisotopic (exact) mass is 296 g/mol. The van der Waals surface area contributed by atoms with Gasteiger partial charge in [0, 0.05) is 24.4 Å². The summed E-state index contributed by atoms with van der Waals surface area (Å²) in [6.07, 6.45) is 2.83. The average molecular weight is 297 g/mol. The molecule has 1 amide bonds. The molecule has 1 aromatic rings. The zero-order valence-electron chi connectivity index (χ0n) is 9.57. The van der Waals surface area contributed by atoms with Gasteiger partial charge in [0.1, 0.15) is 11.6 Å². The molecule has 2 heterocycles. The van der Waals surface area contributed by atoms with Crippen LogP contribution in [0.5, 0.6) is 5.75 Å². The van der Waals surface area contributed by atoms with E-state index in [1.807, 2.05) is 6.92 Å². The van der Waals surface area contributed by atoms with Gasteiger partial charge in [-0.3, -0.25) is 9.69 Å². The van der Waals surface area contributed by atoms with Crippen molar-refractivity contribution in [3.8, 4) is 5.75 Å². The molecule has 5 heteroatoms. The Kier molecular flexibility index (Phi) is 3.47. The number of hydrogen-bond donors (Lipinski definition) is 0. The van der Waals surface area contributed by atoms with Crippen molar-refractivity contribution in [2.75, 3.05) is 11.5 Å². The Hall–Kier alpha value is -1.36. The number of allylic oxidation sites excluding steroid dienone is 1. The summed E-state index contributed by atoms with van der Waals surface area (Å²) in [5, 5.41) is 0. The molecule has 0 unspecified atom stereocenters. The fraction of sp³-hybridized carbons (Fsp3) is 0.333. The lowest BCUT2D eigenvalue weighted by atomic mass is 10.3. The predicted molar refractivity (Wildman–Crippen MR) is 69.0 cm³/mol. The molecule has 2 rings (SSSR count). The van der Waals surface area contributed by atoms with E-state index in [-0.39, 0.29) is 5.91 Å². The van der Waals surface area contributed by atoms with Crippen molar-refractivity contribution in [2.24, 2.45) is 0 Å². The molecule has 1 aromatic heterocycles. The Balaban J connectivity index is 2.35. The highest BCUT2D eigenvalue weighted by Crippen LogP contribution is 2.32. The van der Waals surface area contributed by atoms with E-state index in [1.54, 1.807) is 17.2 Å². The number of aromatic nitrogens is 1. The second-order valence-corrected chi connectivity index (χ2v) is 4.56. The number of amides is 1. The highest BCUT2D eigenvalue weighted by atomic mass is 79.9. The summed E-state index contributed by atoms with van der Waals surface area (Å²) >= 11 is 3.36. The van der Waals surface area contributed by atoms with Crippen molar-refractivity contribution in [3.05, 3.63) is 29.0 Å². The minimum absolute atomic E-state index is 0.0345. The van der Waals surface area contributed by atoms with Crippen LogP contribution >= 0.6 is 15.9 Å². The van der Waals surface area contributed by atoms with Gasteiger partial charge in [-0.1, -0.05) is 6.58 Å². The maximum atomic E-state index is 11.7. The van der Waals surface area contributed by atoms with Gasteiger partial charge >= 0.3 is 0 Å². The van der Waals surface area contributed by atoms with E-state index in [4.69, 9.17) is 4.74 Å². The molecule has 0 aromatic carbocycles. The van der Waals surface area contributed by atoms with Gasteiger partial charge < -0.3 is 4.74 Å². The zero-order chi connectivity index (χ0) is 12.4. The molecular formula is C12H13BrN2O2. The molecule has 1 aliphatic heterocycles. The van der Waals surface area contributed by atoms with Gasteiger partial charge in [-0.05, 0) is 29.3 Å². The molecule has 90 valence electrons. The number of rotatable bonds is 3. The smallest absolute Gasteiger partial charge is 0.232 e. The van der Waals surface area contributed by atoms with Crippen LogP contribution in [0.3, 0.4) is 0 Å². The van der Waals surface area contributed by atoms with Crippen molar-refractivity contribution in [1.29, 1.82) is 0 Å². The van der Waals surface area contributed by atoms with Gasteiger partial charge in [0.25, 0.3) is 0 Å². The number of ether oxygens (including phenoxy) is 1. The lowest BCUT2D eigenvalue weighted by Crippen LogP contribution is -2.22. The van der Waals surface area contributed by atoms with Crippen LogP contribution in [0.4, 0.5) is 5.82 Å². The molecular weight excluding hydrogens is 284 g/mol. The van der Waals surface area contributed by atoms with Crippen LogP contribution in [0.2, 0.25) is 0 Å². The minimum Gasteiger partial charge on any atom is -0.492 e. The second-order valence-electron chi connectivity index (χ2n) is 3.70. The SMILES string of the molecule is C=C1CCC(=O)N1c1cc(OCC)c(Br)cn1. The van der Waals surface area contributed by atoms with Crippen molar-refractivity contribution in [1.82, 2.24) is 4.98 Å². The summed E-state index contributed by atoms with van der Waals surface area (Å²) in [5.41, 5.74) is 0.785. The van der Waals surface area contributed by atoms with Crippen LogP contribution in [0.25, 0.3) is 0 Å². The molecule has 4 nitrogen and oxygen atoms in total. The van der Waals surface area contributed by atoms with Crippen LogP contribution in [0, 0.1) is 0 Å². The summed E-state index contributed by atoms with van der Waals surface area (Å²) in [6, 6.07) is 1.75. The summed E-state index contributed by atoms with van der Waals surface area (Å²) in [4.78, 5) is 17.5. The number of pyridine rings is 1. The van der Waals surface area contributed by atoms with E-state index < -0.39 is 0 Å². The third-order valence-corrected chi connectivity index (χ3v) is 3.12. The zero-order valence-corrected chi connectivity index (χ0v) is 11.2. The van der Waals surface area contributed by atoms with E-state index in [1.165, 1.54) is 0 Å². The van der Waals surface area contributed by atoms with Crippen LogP contribution < -0.4 is 9.64 Å². The Morgan fingerprint density at radius 1 is 1.59 bits per heavy atom. The van der Waals surface area contributed by atoms with Gasteiger partial charge in [-0.15, -0.1) is 0 Å². The summed E-state index contributed by atoms with van der Waals surface area (Å²) in [7, 11) is 0. The number of halogens is 1. The van der Waals surface area contributed by atoms with E-state index in [2.05, 4.69) is 27.5 Å². The first-order chi connectivity index (χ1) is 8.13. The van der Waals surface area contributed by atoms with Crippen LogP contribution in [-0.2, 0) is 4.79 Å². The molecule has 0 radical (unpaired) electrons. The maximum Gasteiger partial charge on any atom is 0.232 e. The van der Waals surface area contributed by atoms with E-state index in [0.717, 1.165) is 10.2 Å². The quantitative estimate of drug-likeness (QED) is 0.861. The Morgan fingerprint density at radius 3 is 2.94 bits per heavy atom. The summed E-state index contributed by atoms with van der Waals surface area (Å²) < 4.78 is 6.23.